The van der Waals surface area contributed by atoms with Gasteiger partial charge in [0.15, 0.2) is 5.69 Å². The van der Waals surface area contributed by atoms with Crippen molar-refractivity contribution in [2.45, 2.75) is 6.18 Å². The quantitative estimate of drug-likeness (QED) is 0.902. The number of hydrogen-bond acceptors (Lipinski definition) is 2. The minimum Gasteiger partial charge on any atom is -0.476 e. The van der Waals surface area contributed by atoms with Gasteiger partial charge in [0, 0.05) is 17.1 Å². The standard InChI is InChI=1S/C12H8BrF3N2O2/c1-18-10(5-9(17-18)11(19)20)7-3-2-6(4-8(7)13)12(14,15)16/h2-5H,1H3,(H,19,20). The highest BCUT2D eigenvalue weighted by Gasteiger charge is 2.31. The second kappa shape index (κ2) is 4.93. The van der Waals surface area contributed by atoms with Crippen LogP contribution < -0.4 is 0 Å². The molecule has 0 aliphatic rings. The van der Waals surface area contributed by atoms with Crippen LogP contribution in [0.1, 0.15) is 16.1 Å². The largest absolute Gasteiger partial charge is 0.476 e. The van der Waals surface area contributed by atoms with Crippen molar-refractivity contribution in [1.29, 1.82) is 0 Å². The molecule has 20 heavy (non-hydrogen) atoms. The summed E-state index contributed by atoms with van der Waals surface area (Å²) in [6, 6.07) is 4.46. The molecule has 1 aromatic carbocycles. The van der Waals surface area contributed by atoms with Crippen molar-refractivity contribution < 1.29 is 23.1 Å². The number of nitrogens with zero attached hydrogens (tertiary/aromatic N) is 2. The normalized spacial score (nSPS) is 11.7. The Kier molecular flexibility index (Phi) is 3.59. The molecule has 0 spiro atoms. The van der Waals surface area contributed by atoms with Gasteiger partial charge in [-0.1, -0.05) is 22.0 Å². The van der Waals surface area contributed by atoms with Crippen molar-refractivity contribution in [1.82, 2.24) is 9.78 Å². The maximum absolute atomic E-state index is 12.6. The van der Waals surface area contributed by atoms with Crippen molar-refractivity contribution in [3.8, 4) is 11.3 Å². The fraction of sp³-hybridized carbons (Fsp3) is 0.167. The molecule has 2 aromatic rings. The lowest BCUT2D eigenvalue weighted by atomic mass is 10.1. The number of alkyl halides is 3. The van der Waals surface area contributed by atoms with Crippen LogP contribution >= 0.6 is 15.9 Å². The van der Waals surface area contributed by atoms with Gasteiger partial charge in [-0.15, -0.1) is 0 Å². The third-order valence-electron chi connectivity index (χ3n) is 2.67. The second-order valence-electron chi connectivity index (χ2n) is 4.04. The van der Waals surface area contributed by atoms with Crippen molar-refractivity contribution in [2.75, 3.05) is 0 Å². The van der Waals surface area contributed by atoms with Gasteiger partial charge in [0.05, 0.1) is 11.3 Å². The van der Waals surface area contributed by atoms with E-state index in [9.17, 15) is 18.0 Å². The van der Waals surface area contributed by atoms with E-state index in [2.05, 4.69) is 21.0 Å². The van der Waals surface area contributed by atoms with E-state index in [0.29, 0.717) is 11.3 Å². The molecule has 1 N–H and O–H groups in total. The zero-order valence-electron chi connectivity index (χ0n) is 10.1. The molecular weight excluding hydrogens is 341 g/mol. The topological polar surface area (TPSA) is 55.1 Å². The van der Waals surface area contributed by atoms with Crippen LogP contribution in [0.5, 0.6) is 0 Å². The number of benzene rings is 1. The van der Waals surface area contributed by atoms with E-state index in [4.69, 9.17) is 5.11 Å². The van der Waals surface area contributed by atoms with Gasteiger partial charge in [-0.25, -0.2) is 4.79 Å². The average molecular weight is 349 g/mol. The highest BCUT2D eigenvalue weighted by Crippen LogP contribution is 2.35. The molecule has 1 aromatic heterocycles. The number of halogens is 4. The molecule has 4 nitrogen and oxygen atoms in total. The molecular formula is C12H8BrF3N2O2. The number of aromatic nitrogens is 2. The zero-order chi connectivity index (χ0) is 15.1. The number of aryl methyl sites for hydroxylation is 1. The number of hydrogen-bond donors (Lipinski definition) is 1. The summed E-state index contributed by atoms with van der Waals surface area (Å²) in [7, 11) is 1.52. The third kappa shape index (κ3) is 2.69. The molecule has 2 rings (SSSR count). The number of rotatable bonds is 2. The summed E-state index contributed by atoms with van der Waals surface area (Å²) in [5.74, 6) is -1.20. The fourth-order valence-electron chi connectivity index (χ4n) is 1.72. The summed E-state index contributed by atoms with van der Waals surface area (Å²) >= 11 is 3.07. The number of carboxylic acids is 1. The summed E-state index contributed by atoms with van der Waals surface area (Å²) in [6.45, 7) is 0. The Hall–Kier alpha value is -1.83. The Morgan fingerprint density at radius 1 is 1.35 bits per heavy atom. The lowest BCUT2D eigenvalue weighted by molar-refractivity contribution is -0.137. The van der Waals surface area contributed by atoms with Gasteiger partial charge in [-0.2, -0.15) is 18.3 Å². The van der Waals surface area contributed by atoms with Gasteiger partial charge in [-0.05, 0) is 18.2 Å². The van der Waals surface area contributed by atoms with Crippen LogP contribution in [0.15, 0.2) is 28.7 Å². The van der Waals surface area contributed by atoms with Crippen LogP contribution in [-0.4, -0.2) is 20.9 Å². The fourth-order valence-corrected chi connectivity index (χ4v) is 2.30. The van der Waals surface area contributed by atoms with Gasteiger partial charge < -0.3 is 5.11 Å². The molecule has 0 atom stereocenters. The maximum atomic E-state index is 12.6. The highest BCUT2D eigenvalue weighted by molar-refractivity contribution is 9.10. The second-order valence-corrected chi connectivity index (χ2v) is 4.89. The molecule has 1 heterocycles. The van der Waals surface area contributed by atoms with Crippen molar-refractivity contribution in [3.63, 3.8) is 0 Å². The van der Waals surface area contributed by atoms with E-state index in [1.807, 2.05) is 0 Å². The monoisotopic (exact) mass is 348 g/mol. The van der Waals surface area contributed by atoms with Gasteiger partial charge in [-0.3, -0.25) is 4.68 Å². The molecule has 0 fully saturated rings. The maximum Gasteiger partial charge on any atom is 0.416 e. The Morgan fingerprint density at radius 3 is 2.45 bits per heavy atom. The molecule has 106 valence electrons. The molecule has 0 amide bonds. The van der Waals surface area contributed by atoms with E-state index in [1.54, 1.807) is 0 Å². The lowest BCUT2D eigenvalue weighted by Crippen LogP contribution is -2.05. The Balaban J connectivity index is 2.51. The summed E-state index contributed by atoms with van der Waals surface area (Å²) in [5, 5.41) is 12.6. The summed E-state index contributed by atoms with van der Waals surface area (Å²) in [5.41, 5.74) is -0.119. The third-order valence-corrected chi connectivity index (χ3v) is 3.33. The van der Waals surface area contributed by atoms with Gasteiger partial charge in [0.25, 0.3) is 0 Å². The van der Waals surface area contributed by atoms with Gasteiger partial charge in [0.1, 0.15) is 0 Å². The van der Waals surface area contributed by atoms with Crippen molar-refractivity contribution >= 4 is 21.9 Å². The first-order valence-electron chi connectivity index (χ1n) is 5.34. The average Bonchev–Trinajstić information content (AvgIpc) is 2.70. The van der Waals surface area contributed by atoms with Crippen LogP contribution in [0, 0.1) is 0 Å². The van der Waals surface area contributed by atoms with E-state index in [1.165, 1.54) is 23.9 Å². The molecule has 0 unspecified atom stereocenters. The minimum atomic E-state index is -4.43. The number of carbonyl (C=O) groups is 1. The van der Waals surface area contributed by atoms with Gasteiger partial charge >= 0.3 is 12.1 Å². The van der Waals surface area contributed by atoms with E-state index < -0.39 is 17.7 Å². The minimum absolute atomic E-state index is 0.172. The first-order chi connectivity index (χ1) is 9.20. The lowest BCUT2D eigenvalue weighted by Gasteiger charge is -2.10. The molecule has 0 aliphatic heterocycles. The molecule has 0 bridgehead atoms. The number of carboxylic acid groups (broad SMARTS) is 1. The van der Waals surface area contributed by atoms with Crippen LogP contribution in [0.4, 0.5) is 13.2 Å². The summed E-state index contributed by atoms with van der Waals surface area (Å²) in [6.07, 6.45) is -4.43. The van der Waals surface area contributed by atoms with Crippen LogP contribution in [0.3, 0.4) is 0 Å². The van der Waals surface area contributed by atoms with Crippen molar-refractivity contribution in [2.24, 2.45) is 7.05 Å². The van der Waals surface area contributed by atoms with Gasteiger partial charge in [0.2, 0.25) is 0 Å². The van der Waals surface area contributed by atoms with E-state index >= 15 is 0 Å². The molecule has 8 heteroatoms. The van der Waals surface area contributed by atoms with Crippen LogP contribution in [-0.2, 0) is 13.2 Å². The predicted molar refractivity (Wildman–Crippen MR) is 68.3 cm³/mol. The zero-order valence-corrected chi connectivity index (χ0v) is 11.7. The molecule has 0 saturated carbocycles. The van der Waals surface area contributed by atoms with Crippen LogP contribution in [0.2, 0.25) is 0 Å². The molecule has 0 saturated heterocycles. The highest BCUT2D eigenvalue weighted by atomic mass is 79.9. The summed E-state index contributed by atoms with van der Waals surface area (Å²) in [4.78, 5) is 10.8. The SMILES string of the molecule is Cn1nc(C(=O)O)cc1-c1ccc(C(F)(F)F)cc1Br. The smallest absolute Gasteiger partial charge is 0.416 e. The van der Waals surface area contributed by atoms with E-state index in [0.717, 1.165) is 12.1 Å². The molecule has 0 radical (unpaired) electrons. The Bertz CT molecular complexity index is 680. The number of aromatic carboxylic acids is 1. The Labute approximate surface area is 120 Å². The summed E-state index contributed by atoms with van der Waals surface area (Å²) < 4.78 is 39.2. The van der Waals surface area contributed by atoms with Crippen molar-refractivity contribution in [3.05, 3.63) is 40.0 Å². The predicted octanol–water partition coefficient (Wildman–Crippen LogP) is 3.57. The van der Waals surface area contributed by atoms with Crippen LogP contribution in [0.25, 0.3) is 11.3 Å². The molecule has 0 aliphatic carbocycles. The first kappa shape index (κ1) is 14.6. The van der Waals surface area contributed by atoms with E-state index in [-0.39, 0.29) is 10.2 Å². The Morgan fingerprint density at radius 2 is 2.00 bits per heavy atom. The first-order valence-corrected chi connectivity index (χ1v) is 6.14.